The normalized spacial score (nSPS) is 10.9. The fourth-order valence-corrected chi connectivity index (χ4v) is 2.53. The van der Waals surface area contributed by atoms with Gasteiger partial charge in [0.25, 0.3) is 0 Å². The molecular weight excluding hydrogens is 403 g/mol. The maximum Gasteiger partial charge on any atom is 0.329 e. The van der Waals surface area contributed by atoms with Gasteiger partial charge in [-0.15, -0.1) is 0 Å². The summed E-state index contributed by atoms with van der Waals surface area (Å²) in [5.74, 6) is -2.19. The molecule has 3 N–H and O–H groups in total. The summed E-state index contributed by atoms with van der Waals surface area (Å²) >= 11 is 11.8. The number of amides is 3. The maximum absolute atomic E-state index is 12.0. The van der Waals surface area contributed by atoms with Gasteiger partial charge in [-0.25, -0.2) is 5.43 Å². The van der Waals surface area contributed by atoms with Gasteiger partial charge in [-0.05, 0) is 44.2 Å². The van der Waals surface area contributed by atoms with Crippen LogP contribution in [0.15, 0.2) is 47.6 Å². The quantitative estimate of drug-likeness (QED) is 0.389. The van der Waals surface area contributed by atoms with E-state index >= 15 is 0 Å². The fraction of sp³-hybridized carbons (Fsp3) is 0.158. The highest BCUT2D eigenvalue weighted by Crippen LogP contribution is 2.25. The number of carbonyl (C=O) groups is 3. The molecule has 3 amide bonds. The van der Waals surface area contributed by atoms with Crippen LogP contribution in [0.5, 0.6) is 0 Å². The molecule has 146 valence electrons. The fourth-order valence-electron chi connectivity index (χ4n) is 2.08. The van der Waals surface area contributed by atoms with Crippen LogP contribution in [0, 0.1) is 6.92 Å². The molecule has 0 heterocycles. The Kier molecular flexibility index (Phi) is 7.54. The van der Waals surface area contributed by atoms with E-state index in [0.717, 1.165) is 5.56 Å². The van der Waals surface area contributed by atoms with Crippen LogP contribution in [0.2, 0.25) is 10.0 Å². The van der Waals surface area contributed by atoms with Crippen molar-refractivity contribution in [1.82, 2.24) is 5.43 Å². The van der Waals surface area contributed by atoms with Gasteiger partial charge in [-0.1, -0.05) is 40.9 Å². The van der Waals surface area contributed by atoms with Crippen molar-refractivity contribution in [2.75, 3.05) is 10.6 Å². The Morgan fingerprint density at radius 2 is 1.64 bits per heavy atom. The molecule has 28 heavy (non-hydrogen) atoms. The molecule has 9 heteroatoms. The maximum atomic E-state index is 12.0. The van der Waals surface area contributed by atoms with Crippen LogP contribution >= 0.6 is 23.2 Å². The Morgan fingerprint density at radius 3 is 2.29 bits per heavy atom. The molecule has 0 unspecified atom stereocenters. The number of hydrogen-bond acceptors (Lipinski definition) is 4. The number of nitrogens with one attached hydrogen (secondary N) is 3. The molecule has 0 radical (unpaired) electrons. The minimum absolute atomic E-state index is 0.0984. The van der Waals surface area contributed by atoms with Crippen molar-refractivity contribution in [1.29, 1.82) is 0 Å². The summed E-state index contributed by atoms with van der Waals surface area (Å²) in [5.41, 5.74) is 4.35. The Labute approximate surface area is 172 Å². The largest absolute Gasteiger partial charge is 0.329 e. The van der Waals surface area contributed by atoms with Crippen molar-refractivity contribution < 1.29 is 14.4 Å². The molecule has 2 aromatic rings. The zero-order chi connectivity index (χ0) is 20.7. The van der Waals surface area contributed by atoms with Crippen LogP contribution in [-0.4, -0.2) is 23.4 Å². The number of halogens is 2. The molecule has 0 saturated heterocycles. The molecule has 0 atom stereocenters. The SMILES string of the molecule is C/C(CC(=O)Nc1ccc(Cl)cc1Cl)=N/NC(=O)C(=O)Nc1ccc(C)cc1. The van der Waals surface area contributed by atoms with E-state index in [2.05, 4.69) is 21.2 Å². The summed E-state index contributed by atoms with van der Waals surface area (Å²) in [6.45, 7) is 3.45. The Hall–Kier alpha value is -2.90. The number of hydrogen-bond donors (Lipinski definition) is 3. The summed E-state index contributed by atoms with van der Waals surface area (Å²) in [6, 6.07) is 11.7. The first-order valence-corrected chi connectivity index (χ1v) is 8.96. The van der Waals surface area contributed by atoms with Gasteiger partial charge in [0.2, 0.25) is 5.91 Å². The van der Waals surface area contributed by atoms with Crippen LogP contribution < -0.4 is 16.1 Å². The lowest BCUT2D eigenvalue weighted by Gasteiger charge is -2.08. The predicted octanol–water partition coefficient (Wildman–Crippen LogP) is 3.76. The topological polar surface area (TPSA) is 99.7 Å². The molecule has 0 spiro atoms. The number of anilines is 2. The van der Waals surface area contributed by atoms with Gasteiger partial charge < -0.3 is 10.6 Å². The van der Waals surface area contributed by atoms with Gasteiger partial charge in [0, 0.05) is 16.4 Å². The average Bonchev–Trinajstić information content (AvgIpc) is 2.64. The average molecular weight is 421 g/mol. The van der Waals surface area contributed by atoms with Gasteiger partial charge >= 0.3 is 11.8 Å². The summed E-state index contributed by atoms with van der Waals surface area (Å²) in [6.07, 6.45) is -0.0984. The lowest BCUT2D eigenvalue weighted by atomic mass is 10.2. The zero-order valence-electron chi connectivity index (χ0n) is 15.2. The summed E-state index contributed by atoms with van der Waals surface area (Å²) in [4.78, 5) is 35.7. The number of nitrogens with zero attached hydrogens (tertiary/aromatic N) is 1. The second-order valence-electron chi connectivity index (χ2n) is 5.96. The monoisotopic (exact) mass is 420 g/mol. The smallest absolute Gasteiger partial charge is 0.324 e. The van der Waals surface area contributed by atoms with Crippen LogP contribution in [0.1, 0.15) is 18.9 Å². The minimum atomic E-state index is -0.943. The number of benzene rings is 2. The van der Waals surface area contributed by atoms with E-state index < -0.39 is 11.8 Å². The third kappa shape index (κ3) is 6.68. The van der Waals surface area contributed by atoms with Gasteiger partial charge in [-0.2, -0.15) is 5.10 Å². The zero-order valence-corrected chi connectivity index (χ0v) is 16.7. The summed E-state index contributed by atoms with van der Waals surface area (Å²) in [5, 5.41) is 9.58. The lowest BCUT2D eigenvalue weighted by Crippen LogP contribution is -2.33. The molecule has 0 aliphatic carbocycles. The van der Waals surface area contributed by atoms with Crippen molar-refractivity contribution in [2.24, 2.45) is 5.10 Å². The Balaban J connectivity index is 1.85. The number of aryl methyl sites for hydroxylation is 1. The molecule has 0 aromatic heterocycles. The summed E-state index contributed by atoms with van der Waals surface area (Å²) < 4.78 is 0. The molecule has 0 saturated carbocycles. The first-order valence-electron chi connectivity index (χ1n) is 8.20. The molecule has 0 fully saturated rings. The van der Waals surface area contributed by atoms with Crippen LogP contribution in [0.3, 0.4) is 0 Å². The van der Waals surface area contributed by atoms with Crippen molar-refractivity contribution in [3.05, 3.63) is 58.1 Å². The van der Waals surface area contributed by atoms with Crippen molar-refractivity contribution in [3.63, 3.8) is 0 Å². The lowest BCUT2D eigenvalue weighted by molar-refractivity contribution is -0.136. The van der Waals surface area contributed by atoms with Gasteiger partial charge in [-0.3, -0.25) is 14.4 Å². The second-order valence-corrected chi connectivity index (χ2v) is 6.80. The van der Waals surface area contributed by atoms with E-state index in [0.29, 0.717) is 27.1 Å². The molecule has 2 rings (SSSR count). The molecule has 0 aliphatic heterocycles. The molecule has 2 aromatic carbocycles. The highest BCUT2D eigenvalue weighted by molar-refractivity contribution is 6.39. The van der Waals surface area contributed by atoms with Gasteiger partial charge in [0.15, 0.2) is 0 Å². The number of carbonyl (C=O) groups excluding carboxylic acids is 3. The first-order chi connectivity index (χ1) is 13.2. The number of hydrazone groups is 1. The highest BCUT2D eigenvalue weighted by atomic mass is 35.5. The van der Waals surface area contributed by atoms with Crippen molar-refractivity contribution >= 4 is 58.0 Å². The summed E-state index contributed by atoms with van der Waals surface area (Å²) in [7, 11) is 0. The predicted molar refractivity (Wildman–Crippen MR) is 111 cm³/mol. The van der Waals surface area contributed by atoms with E-state index in [1.54, 1.807) is 43.3 Å². The molecule has 0 bridgehead atoms. The standard InChI is InChI=1S/C19H18Cl2N4O3/c1-11-3-6-14(7-4-11)22-18(27)19(28)25-24-12(2)9-17(26)23-16-8-5-13(20)10-15(16)21/h3-8,10H,9H2,1-2H3,(H,22,27)(H,23,26)(H,25,28)/b24-12-. The second kappa shape index (κ2) is 9.87. The Bertz CT molecular complexity index is 927. The van der Waals surface area contributed by atoms with Crippen molar-refractivity contribution in [2.45, 2.75) is 20.3 Å². The van der Waals surface area contributed by atoms with Crippen LogP contribution in [0.25, 0.3) is 0 Å². The minimum Gasteiger partial charge on any atom is -0.324 e. The Morgan fingerprint density at radius 1 is 0.964 bits per heavy atom. The van der Waals surface area contributed by atoms with Crippen LogP contribution in [-0.2, 0) is 14.4 Å². The number of rotatable bonds is 5. The van der Waals surface area contributed by atoms with Gasteiger partial charge in [0.1, 0.15) is 0 Å². The molecule has 7 nitrogen and oxygen atoms in total. The van der Waals surface area contributed by atoms with Gasteiger partial charge in [0.05, 0.1) is 17.1 Å². The van der Waals surface area contributed by atoms with Crippen LogP contribution in [0.4, 0.5) is 11.4 Å². The van der Waals surface area contributed by atoms with E-state index in [-0.39, 0.29) is 12.3 Å². The first kappa shape index (κ1) is 21.4. The third-order valence-corrected chi connectivity index (χ3v) is 4.03. The third-order valence-electron chi connectivity index (χ3n) is 3.49. The van der Waals surface area contributed by atoms with E-state index in [4.69, 9.17) is 23.2 Å². The van der Waals surface area contributed by atoms with Crippen molar-refractivity contribution in [3.8, 4) is 0 Å². The van der Waals surface area contributed by atoms with E-state index in [1.165, 1.54) is 6.07 Å². The molecule has 0 aliphatic rings. The molecular formula is C19H18Cl2N4O3. The highest BCUT2D eigenvalue weighted by Gasteiger charge is 2.14. The van der Waals surface area contributed by atoms with E-state index in [9.17, 15) is 14.4 Å². The van der Waals surface area contributed by atoms with E-state index in [1.807, 2.05) is 6.92 Å².